The molecular weight excluding hydrogens is 312 g/mol. The minimum Gasteiger partial charge on any atom is -0.489 e. The standard InChI is InChI=1S/C18H21ClN2O2/c1-4-13-5-8-17(12(2)9-13)23-11-14-10-15(19)6-7-16(14)21-18(22)20-3/h5-10H,4,11H2,1-3H3,(H2,20,21,22). The van der Waals surface area contributed by atoms with E-state index in [2.05, 4.69) is 29.7 Å². The molecule has 0 spiro atoms. The van der Waals surface area contributed by atoms with Gasteiger partial charge >= 0.3 is 6.03 Å². The molecule has 0 bridgehead atoms. The number of carbonyl (C=O) groups is 1. The van der Waals surface area contributed by atoms with Gasteiger partial charge in [0.1, 0.15) is 12.4 Å². The zero-order valence-corrected chi connectivity index (χ0v) is 14.3. The Morgan fingerprint density at radius 1 is 1.22 bits per heavy atom. The highest BCUT2D eigenvalue weighted by Gasteiger charge is 2.08. The van der Waals surface area contributed by atoms with Gasteiger partial charge in [0, 0.05) is 23.3 Å². The summed E-state index contributed by atoms with van der Waals surface area (Å²) in [5, 5.41) is 5.90. The number of benzene rings is 2. The van der Waals surface area contributed by atoms with Crippen LogP contribution in [0.5, 0.6) is 5.75 Å². The molecule has 0 atom stereocenters. The molecule has 0 saturated heterocycles. The van der Waals surface area contributed by atoms with Crippen molar-refractivity contribution in [3.05, 3.63) is 58.1 Å². The lowest BCUT2D eigenvalue weighted by atomic mass is 10.1. The summed E-state index contributed by atoms with van der Waals surface area (Å²) in [4.78, 5) is 11.5. The van der Waals surface area contributed by atoms with Gasteiger partial charge in [-0.15, -0.1) is 0 Å². The van der Waals surface area contributed by atoms with E-state index in [0.29, 0.717) is 17.3 Å². The van der Waals surface area contributed by atoms with Gasteiger partial charge in [-0.3, -0.25) is 0 Å². The molecule has 5 heteroatoms. The summed E-state index contributed by atoms with van der Waals surface area (Å²) in [5.41, 5.74) is 3.86. The number of nitrogens with one attached hydrogen (secondary N) is 2. The predicted octanol–water partition coefficient (Wildman–Crippen LogP) is 4.54. The third-order valence-electron chi connectivity index (χ3n) is 3.57. The number of hydrogen-bond donors (Lipinski definition) is 2. The summed E-state index contributed by atoms with van der Waals surface area (Å²) in [6.45, 7) is 4.47. The fraction of sp³-hybridized carbons (Fsp3) is 0.278. The number of rotatable bonds is 5. The van der Waals surface area contributed by atoms with Crippen molar-refractivity contribution in [2.24, 2.45) is 0 Å². The van der Waals surface area contributed by atoms with Crippen LogP contribution in [0.4, 0.5) is 10.5 Å². The van der Waals surface area contributed by atoms with Crippen LogP contribution in [0.3, 0.4) is 0 Å². The summed E-state index contributed by atoms with van der Waals surface area (Å²) >= 11 is 6.06. The minimum absolute atomic E-state index is 0.281. The molecule has 0 aromatic heterocycles. The summed E-state index contributed by atoms with van der Waals surface area (Å²) in [6, 6.07) is 11.2. The van der Waals surface area contributed by atoms with Crippen molar-refractivity contribution in [2.75, 3.05) is 12.4 Å². The van der Waals surface area contributed by atoms with Gasteiger partial charge in [0.15, 0.2) is 0 Å². The number of anilines is 1. The van der Waals surface area contributed by atoms with E-state index in [1.807, 2.05) is 13.0 Å². The Bertz CT molecular complexity index is 701. The van der Waals surface area contributed by atoms with Crippen molar-refractivity contribution in [1.29, 1.82) is 0 Å². The summed E-state index contributed by atoms with van der Waals surface area (Å²) in [7, 11) is 1.57. The Labute approximate surface area is 141 Å². The first-order valence-corrected chi connectivity index (χ1v) is 7.90. The Kier molecular flexibility index (Phi) is 5.88. The van der Waals surface area contributed by atoms with E-state index in [1.54, 1.807) is 25.2 Å². The van der Waals surface area contributed by atoms with Gasteiger partial charge in [-0.2, -0.15) is 0 Å². The van der Waals surface area contributed by atoms with E-state index in [1.165, 1.54) is 5.56 Å². The van der Waals surface area contributed by atoms with Crippen LogP contribution in [-0.4, -0.2) is 13.1 Å². The SMILES string of the molecule is CCc1ccc(OCc2cc(Cl)ccc2NC(=O)NC)c(C)c1. The molecule has 23 heavy (non-hydrogen) atoms. The number of ether oxygens (including phenoxy) is 1. The number of amides is 2. The molecule has 4 nitrogen and oxygen atoms in total. The van der Waals surface area contributed by atoms with Gasteiger partial charge in [-0.1, -0.05) is 30.7 Å². The highest BCUT2D eigenvalue weighted by molar-refractivity contribution is 6.30. The van der Waals surface area contributed by atoms with Crippen LogP contribution >= 0.6 is 11.6 Å². The summed E-state index contributed by atoms with van der Waals surface area (Å²) in [6.07, 6.45) is 0.996. The number of hydrogen-bond acceptors (Lipinski definition) is 2. The van der Waals surface area contributed by atoms with Crippen LogP contribution < -0.4 is 15.4 Å². The van der Waals surface area contributed by atoms with Crippen LogP contribution in [0.25, 0.3) is 0 Å². The fourth-order valence-electron chi connectivity index (χ4n) is 2.24. The van der Waals surface area contributed by atoms with Crippen LogP contribution in [-0.2, 0) is 13.0 Å². The highest BCUT2D eigenvalue weighted by Crippen LogP contribution is 2.25. The van der Waals surface area contributed by atoms with E-state index in [-0.39, 0.29) is 6.03 Å². The molecule has 0 aliphatic rings. The maximum absolute atomic E-state index is 11.5. The molecule has 2 aromatic rings. The molecule has 0 saturated carbocycles. The van der Waals surface area contributed by atoms with Crippen molar-refractivity contribution in [2.45, 2.75) is 26.9 Å². The second-order valence-corrected chi connectivity index (χ2v) is 5.68. The molecule has 2 amide bonds. The van der Waals surface area contributed by atoms with Crippen molar-refractivity contribution >= 4 is 23.3 Å². The first-order valence-electron chi connectivity index (χ1n) is 7.53. The summed E-state index contributed by atoms with van der Waals surface area (Å²) < 4.78 is 5.90. The molecule has 0 heterocycles. The number of urea groups is 1. The smallest absolute Gasteiger partial charge is 0.318 e. The maximum atomic E-state index is 11.5. The average molecular weight is 333 g/mol. The largest absolute Gasteiger partial charge is 0.489 e. The van der Waals surface area contributed by atoms with Crippen molar-refractivity contribution in [3.8, 4) is 5.75 Å². The zero-order valence-electron chi connectivity index (χ0n) is 13.6. The van der Waals surface area contributed by atoms with Crippen molar-refractivity contribution < 1.29 is 9.53 Å². The van der Waals surface area contributed by atoms with Gasteiger partial charge in [0.05, 0.1) is 0 Å². The topological polar surface area (TPSA) is 50.4 Å². The quantitative estimate of drug-likeness (QED) is 0.844. The monoisotopic (exact) mass is 332 g/mol. The zero-order chi connectivity index (χ0) is 16.8. The third-order valence-corrected chi connectivity index (χ3v) is 3.81. The van der Waals surface area contributed by atoms with Crippen molar-refractivity contribution in [1.82, 2.24) is 5.32 Å². The van der Waals surface area contributed by atoms with Gasteiger partial charge in [-0.05, 0) is 48.7 Å². The van der Waals surface area contributed by atoms with Crippen LogP contribution in [0, 0.1) is 6.92 Å². The lowest BCUT2D eigenvalue weighted by molar-refractivity contribution is 0.254. The van der Waals surface area contributed by atoms with Gasteiger partial charge in [0.25, 0.3) is 0 Å². The maximum Gasteiger partial charge on any atom is 0.318 e. The van der Waals surface area contributed by atoms with E-state index in [9.17, 15) is 4.79 Å². The number of carbonyl (C=O) groups excluding carboxylic acids is 1. The highest BCUT2D eigenvalue weighted by atomic mass is 35.5. The number of aryl methyl sites for hydroxylation is 2. The fourth-order valence-corrected chi connectivity index (χ4v) is 2.43. The van der Waals surface area contributed by atoms with E-state index >= 15 is 0 Å². The van der Waals surface area contributed by atoms with Gasteiger partial charge < -0.3 is 15.4 Å². The average Bonchev–Trinajstić information content (AvgIpc) is 2.55. The molecular formula is C18H21ClN2O2. The first-order chi connectivity index (χ1) is 11.0. The Morgan fingerprint density at radius 2 is 2.00 bits per heavy atom. The molecule has 0 fully saturated rings. The molecule has 122 valence electrons. The summed E-state index contributed by atoms with van der Waals surface area (Å²) in [5.74, 6) is 0.827. The second kappa shape index (κ2) is 7.88. The first kappa shape index (κ1) is 17.2. The van der Waals surface area contributed by atoms with Crippen molar-refractivity contribution in [3.63, 3.8) is 0 Å². The molecule has 0 unspecified atom stereocenters. The van der Waals surface area contributed by atoms with Gasteiger partial charge in [0.2, 0.25) is 0 Å². The molecule has 0 aliphatic heterocycles. The molecule has 0 radical (unpaired) electrons. The van der Waals surface area contributed by atoms with E-state index in [4.69, 9.17) is 16.3 Å². The number of halogens is 1. The third kappa shape index (κ3) is 4.63. The Morgan fingerprint density at radius 3 is 2.65 bits per heavy atom. The normalized spacial score (nSPS) is 10.3. The van der Waals surface area contributed by atoms with Crippen LogP contribution in [0.1, 0.15) is 23.6 Å². The molecule has 0 aliphatic carbocycles. The Balaban J connectivity index is 2.16. The minimum atomic E-state index is -0.281. The van der Waals surface area contributed by atoms with Gasteiger partial charge in [-0.25, -0.2) is 4.79 Å². The lowest BCUT2D eigenvalue weighted by Gasteiger charge is -2.14. The molecule has 2 rings (SSSR count). The van der Waals surface area contributed by atoms with Crippen LogP contribution in [0.15, 0.2) is 36.4 Å². The van der Waals surface area contributed by atoms with E-state index in [0.717, 1.165) is 23.3 Å². The predicted molar refractivity (Wildman–Crippen MR) is 94.4 cm³/mol. The Hall–Kier alpha value is -2.20. The molecule has 2 N–H and O–H groups in total. The van der Waals surface area contributed by atoms with E-state index < -0.39 is 0 Å². The lowest BCUT2D eigenvalue weighted by Crippen LogP contribution is -2.25. The molecule has 2 aromatic carbocycles. The second-order valence-electron chi connectivity index (χ2n) is 5.25. The van der Waals surface area contributed by atoms with Crippen LogP contribution in [0.2, 0.25) is 5.02 Å².